The average molecular weight is 197 g/mol. The molecule has 1 saturated carbocycles. The van der Waals surface area contributed by atoms with E-state index >= 15 is 0 Å². The molecule has 1 nitrogen and oxygen atoms in total. The Labute approximate surface area is 89.5 Å². The van der Waals surface area contributed by atoms with Crippen LogP contribution in [0.1, 0.15) is 59.3 Å². The maximum absolute atomic E-state index is 6.27. The Bertz CT molecular complexity index is 155. The van der Waals surface area contributed by atoms with Crippen molar-refractivity contribution in [3.8, 4) is 0 Å². The lowest BCUT2D eigenvalue weighted by Crippen LogP contribution is -2.30. The van der Waals surface area contributed by atoms with Crippen LogP contribution < -0.4 is 5.73 Å². The molecule has 4 atom stereocenters. The van der Waals surface area contributed by atoms with Gasteiger partial charge in [-0.2, -0.15) is 0 Å². The van der Waals surface area contributed by atoms with Crippen molar-refractivity contribution in [2.45, 2.75) is 65.3 Å². The van der Waals surface area contributed by atoms with E-state index < -0.39 is 0 Å². The highest BCUT2D eigenvalue weighted by atomic mass is 14.7. The molecule has 1 aliphatic rings. The summed E-state index contributed by atoms with van der Waals surface area (Å²) in [4.78, 5) is 0. The van der Waals surface area contributed by atoms with Crippen LogP contribution >= 0.6 is 0 Å². The summed E-state index contributed by atoms with van der Waals surface area (Å²) in [7, 11) is 0. The highest BCUT2D eigenvalue weighted by molar-refractivity contribution is 4.83. The van der Waals surface area contributed by atoms with Crippen molar-refractivity contribution in [3.63, 3.8) is 0 Å². The molecule has 0 spiro atoms. The van der Waals surface area contributed by atoms with Crippen LogP contribution in [0.5, 0.6) is 0 Å². The molecule has 0 aromatic heterocycles. The summed E-state index contributed by atoms with van der Waals surface area (Å²) in [6, 6.07) is 0.474. The molecule has 1 rings (SSSR count). The van der Waals surface area contributed by atoms with Crippen LogP contribution in [0.15, 0.2) is 0 Å². The van der Waals surface area contributed by atoms with E-state index in [0.717, 1.165) is 17.8 Å². The SMILES string of the molecule is CCC(C)CC(N)C1CCC(CC)C1. The van der Waals surface area contributed by atoms with Gasteiger partial charge in [0, 0.05) is 6.04 Å². The first-order chi connectivity index (χ1) is 6.67. The summed E-state index contributed by atoms with van der Waals surface area (Å²) in [5.41, 5.74) is 6.27. The van der Waals surface area contributed by atoms with E-state index in [0.29, 0.717) is 6.04 Å². The molecular weight excluding hydrogens is 170 g/mol. The Morgan fingerprint density at radius 2 is 2.00 bits per heavy atom. The van der Waals surface area contributed by atoms with Gasteiger partial charge < -0.3 is 5.73 Å². The minimum atomic E-state index is 0.474. The molecule has 2 N–H and O–H groups in total. The third-order valence-corrected chi connectivity index (χ3v) is 4.14. The smallest absolute Gasteiger partial charge is 0.00697 e. The Balaban J connectivity index is 2.28. The third-order valence-electron chi connectivity index (χ3n) is 4.14. The molecule has 4 unspecified atom stereocenters. The van der Waals surface area contributed by atoms with E-state index in [4.69, 9.17) is 5.73 Å². The van der Waals surface area contributed by atoms with E-state index in [1.807, 2.05) is 0 Å². The highest BCUT2D eigenvalue weighted by Gasteiger charge is 2.28. The fraction of sp³-hybridized carbons (Fsp3) is 1.00. The second-order valence-electron chi connectivity index (χ2n) is 5.26. The van der Waals surface area contributed by atoms with Gasteiger partial charge in [-0.15, -0.1) is 0 Å². The van der Waals surface area contributed by atoms with E-state index in [9.17, 15) is 0 Å². The van der Waals surface area contributed by atoms with Crippen molar-refractivity contribution >= 4 is 0 Å². The normalized spacial score (nSPS) is 31.7. The monoisotopic (exact) mass is 197 g/mol. The van der Waals surface area contributed by atoms with E-state index in [1.54, 1.807) is 0 Å². The Morgan fingerprint density at radius 3 is 2.50 bits per heavy atom. The Kier molecular flexibility index (Phi) is 4.94. The molecule has 0 amide bonds. The van der Waals surface area contributed by atoms with Crippen molar-refractivity contribution in [1.82, 2.24) is 0 Å². The predicted molar refractivity (Wildman–Crippen MR) is 63.2 cm³/mol. The van der Waals surface area contributed by atoms with Gasteiger partial charge >= 0.3 is 0 Å². The maximum Gasteiger partial charge on any atom is 0.00697 e. The van der Waals surface area contributed by atoms with E-state index in [2.05, 4.69) is 20.8 Å². The number of hydrogen-bond donors (Lipinski definition) is 1. The van der Waals surface area contributed by atoms with Crippen LogP contribution in [0.25, 0.3) is 0 Å². The van der Waals surface area contributed by atoms with Gasteiger partial charge in [0.25, 0.3) is 0 Å². The zero-order valence-corrected chi connectivity index (χ0v) is 10.1. The molecule has 1 aliphatic carbocycles. The van der Waals surface area contributed by atoms with Crippen molar-refractivity contribution in [2.75, 3.05) is 0 Å². The quantitative estimate of drug-likeness (QED) is 0.716. The number of hydrogen-bond acceptors (Lipinski definition) is 1. The predicted octanol–water partition coefficient (Wildman–Crippen LogP) is 3.58. The molecule has 84 valence electrons. The average Bonchev–Trinajstić information content (AvgIpc) is 2.65. The Hall–Kier alpha value is -0.0400. The van der Waals surface area contributed by atoms with Crippen molar-refractivity contribution in [3.05, 3.63) is 0 Å². The lowest BCUT2D eigenvalue weighted by Gasteiger charge is -2.22. The Morgan fingerprint density at radius 1 is 1.29 bits per heavy atom. The minimum absolute atomic E-state index is 0.474. The highest BCUT2D eigenvalue weighted by Crippen LogP contribution is 2.35. The van der Waals surface area contributed by atoms with Gasteiger partial charge in [0.1, 0.15) is 0 Å². The molecule has 0 aliphatic heterocycles. The summed E-state index contributed by atoms with van der Waals surface area (Å²) in [5, 5.41) is 0. The van der Waals surface area contributed by atoms with E-state index in [-0.39, 0.29) is 0 Å². The summed E-state index contributed by atoms with van der Waals surface area (Å²) in [6.45, 7) is 6.90. The second-order valence-corrected chi connectivity index (χ2v) is 5.26. The van der Waals surface area contributed by atoms with Crippen LogP contribution in [0.3, 0.4) is 0 Å². The fourth-order valence-corrected chi connectivity index (χ4v) is 2.70. The van der Waals surface area contributed by atoms with Gasteiger partial charge in [-0.05, 0) is 37.0 Å². The molecule has 0 saturated heterocycles. The first-order valence-corrected chi connectivity index (χ1v) is 6.42. The zero-order valence-electron chi connectivity index (χ0n) is 10.1. The molecule has 0 aromatic carbocycles. The van der Waals surface area contributed by atoms with Gasteiger partial charge in [-0.1, -0.05) is 40.0 Å². The number of rotatable bonds is 5. The van der Waals surface area contributed by atoms with Gasteiger partial charge in [0.2, 0.25) is 0 Å². The molecule has 1 heteroatoms. The largest absolute Gasteiger partial charge is 0.327 e. The third kappa shape index (κ3) is 3.27. The van der Waals surface area contributed by atoms with Crippen LogP contribution in [0.2, 0.25) is 0 Å². The molecule has 0 aromatic rings. The molecule has 1 fully saturated rings. The van der Waals surface area contributed by atoms with Crippen LogP contribution in [0.4, 0.5) is 0 Å². The molecular formula is C13H27N. The van der Waals surface area contributed by atoms with Crippen LogP contribution in [-0.4, -0.2) is 6.04 Å². The fourth-order valence-electron chi connectivity index (χ4n) is 2.70. The standard InChI is InChI=1S/C13H27N/c1-4-10(3)8-13(14)12-7-6-11(5-2)9-12/h10-13H,4-9,14H2,1-3H3. The molecule has 14 heavy (non-hydrogen) atoms. The topological polar surface area (TPSA) is 26.0 Å². The van der Waals surface area contributed by atoms with Gasteiger partial charge in [0.15, 0.2) is 0 Å². The van der Waals surface area contributed by atoms with Crippen molar-refractivity contribution in [2.24, 2.45) is 23.5 Å². The van der Waals surface area contributed by atoms with Gasteiger partial charge in [0.05, 0.1) is 0 Å². The number of nitrogens with two attached hydrogens (primary N) is 1. The van der Waals surface area contributed by atoms with Crippen molar-refractivity contribution in [1.29, 1.82) is 0 Å². The summed E-state index contributed by atoms with van der Waals surface area (Å²) < 4.78 is 0. The van der Waals surface area contributed by atoms with Crippen LogP contribution in [-0.2, 0) is 0 Å². The summed E-state index contributed by atoms with van der Waals surface area (Å²) in [6.07, 6.45) is 8.07. The van der Waals surface area contributed by atoms with Crippen LogP contribution in [0, 0.1) is 17.8 Å². The molecule has 0 heterocycles. The summed E-state index contributed by atoms with van der Waals surface area (Å²) in [5.74, 6) is 2.61. The van der Waals surface area contributed by atoms with Gasteiger partial charge in [-0.3, -0.25) is 0 Å². The second kappa shape index (κ2) is 5.75. The maximum atomic E-state index is 6.27. The van der Waals surface area contributed by atoms with Gasteiger partial charge in [-0.25, -0.2) is 0 Å². The summed E-state index contributed by atoms with van der Waals surface area (Å²) >= 11 is 0. The first-order valence-electron chi connectivity index (χ1n) is 6.42. The van der Waals surface area contributed by atoms with E-state index in [1.165, 1.54) is 38.5 Å². The lowest BCUT2D eigenvalue weighted by atomic mass is 9.89. The van der Waals surface area contributed by atoms with Crippen molar-refractivity contribution < 1.29 is 0 Å². The first kappa shape index (κ1) is 12.0. The zero-order chi connectivity index (χ0) is 10.6. The molecule has 0 radical (unpaired) electrons. The molecule has 0 bridgehead atoms. The minimum Gasteiger partial charge on any atom is -0.327 e. The lowest BCUT2D eigenvalue weighted by molar-refractivity contribution is 0.342.